The summed E-state index contributed by atoms with van der Waals surface area (Å²) in [6, 6.07) is 3.40. The summed E-state index contributed by atoms with van der Waals surface area (Å²) in [6.07, 6.45) is -4.35. The molecule has 0 saturated heterocycles. The predicted molar refractivity (Wildman–Crippen MR) is 51.8 cm³/mol. The van der Waals surface area contributed by atoms with E-state index in [1.54, 1.807) is 0 Å². The van der Waals surface area contributed by atoms with Gasteiger partial charge < -0.3 is 4.55 Å². The molecule has 0 fully saturated rings. The maximum Gasteiger partial charge on any atom is 0.416 e. The zero-order chi connectivity index (χ0) is 10.9. The second kappa shape index (κ2) is 3.96. The molecule has 0 bridgehead atoms. The Labute approximate surface area is 86.4 Å². The van der Waals surface area contributed by atoms with Gasteiger partial charge in [0.2, 0.25) is 0 Å². The summed E-state index contributed by atoms with van der Waals surface area (Å²) in [5, 5.41) is 0. The van der Waals surface area contributed by atoms with E-state index in [1.165, 1.54) is 19.1 Å². The van der Waals surface area contributed by atoms with Crippen LogP contribution in [0.3, 0.4) is 0 Å². The van der Waals surface area contributed by atoms with Gasteiger partial charge in [0.25, 0.3) is 0 Å². The van der Waals surface area contributed by atoms with Crippen LogP contribution in [0.1, 0.15) is 11.1 Å². The van der Waals surface area contributed by atoms with Crippen molar-refractivity contribution in [3.05, 3.63) is 29.3 Å². The standard InChI is InChI=1S/C8H7F3OS2/c1-5-4-6(14(12)13)2-3-7(5)8(9,10)11/h2-4H,1H3,(H,12,13). The SMILES string of the molecule is Cc1cc(S(O)=S)ccc1C(F)(F)F. The van der Waals surface area contributed by atoms with Gasteiger partial charge in [-0.15, -0.1) is 0 Å². The molecule has 0 aliphatic heterocycles. The molecule has 1 nitrogen and oxygen atoms in total. The summed E-state index contributed by atoms with van der Waals surface area (Å²) in [5.74, 6) is 0. The van der Waals surface area contributed by atoms with Crippen molar-refractivity contribution in [3.63, 3.8) is 0 Å². The van der Waals surface area contributed by atoms with Gasteiger partial charge in [-0.3, -0.25) is 0 Å². The van der Waals surface area contributed by atoms with Crippen LogP contribution in [0.25, 0.3) is 0 Å². The summed E-state index contributed by atoms with van der Waals surface area (Å²) in [4.78, 5) is 0.338. The van der Waals surface area contributed by atoms with Gasteiger partial charge in [-0.2, -0.15) is 13.2 Å². The fourth-order valence-electron chi connectivity index (χ4n) is 1.06. The molecule has 1 atom stereocenters. The highest BCUT2D eigenvalue weighted by atomic mass is 32.8. The molecule has 0 aliphatic rings. The molecule has 6 heteroatoms. The van der Waals surface area contributed by atoms with E-state index in [0.717, 1.165) is 6.07 Å². The third kappa shape index (κ3) is 2.52. The van der Waals surface area contributed by atoms with Crippen LogP contribution in [-0.2, 0) is 27.1 Å². The van der Waals surface area contributed by atoms with Crippen LogP contribution in [0, 0.1) is 6.92 Å². The molecule has 0 spiro atoms. The quantitative estimate of drug-likeness (QED) is 0.814. The minimum Gasteiger partial charge on any atom is -0.323 e. The number of halogens is 3. The molecule has 0 saturated carbocycles. The molecule has 1 unspecified atom stereocenters. The summed E-state index contributed by atoms with van der Waals surface area (Å²) in [7, 11) is -1.41. The number of alkyl halides is 3. The molecule has 78 valence electrons. The summed E-state index contributed by atoms with van der Waals surface area (Å²) >= 11 is 4.54. The Morgan fingerprint density at radius 1 is 1.36 bits per heavy atom. The fraction of sp³-hybridized carbons (Fsp3) is 0.250. The second-order valence-corrected chi connectivity index (χ2v) is 4.64. The van der Waals surface area contributed by atoms with Gasteiger partial charge in [-0.1, -0.05) is 0 Å². The monoisotopic (exact) mass is 240 g/mol. The highest BCUT2D eigenvalue weighted by molar-refractivity contribution is 8.25. The van der Waals surface area contributed by atoms with Crippen molar-refractivity contribution in [1.82, 2.24) is 0 Å². The second-order valence-electron chi connectivity index (χ2n) is 2.72. The van der Waals surface area contributed by atoms with E-state index in [-0.39, 0.29) is 5.56 Å². The summed E-state index contributed by atoms with van der Waals surface area (Å²) in [5.41, 5.74) is -0.617. The molecular weight excluding hydrogens is 233 g/mol. The lowest BCUT2D eigenvalue weighted by Gasteiger charge is -2.10. The minimum absolute atomic E-state index is 0.0754. The lowest BCUT2D eigenvalue weighted by molar-refractivity contribution is -0.138. The Kier molecular flexibility index (Phi) is 3.28. The third-order valence-electron chi connectivity index (χ3n) is 1.70. The van der Waals surface area contributed by atoms with Crippen molar-refractivity contribution in [2.45, 2.75) is 18.0 Å². The van der Waals surface area contributed by atoms with Crippen LogP contribution < -0.4 is 0 Å². The van der Waals surface area contributed by atoms with Crippen LogP contribution >= 0.6 is 0 Å². The topological polar surface area (TPSA) is 20.2 Å². The van der Waals surface area contributed by atoms with Crippen molar-refractivity contribution in [1.29, 1.82) is 0 Å². The number of benzene rings is 1. The highest BCUT2D eigenvalue weighted by Gasteiger charge is 2.32. The zero-order valence-corrected chi connectivity index (χ0v) is 8.76. The normalized spacial score (nSPS) is 14.1. The number of aryl methyl sites for hydroxylation is 1. The van der Waals surface area contributed by atoms with Crippen LogP contribution in [0.4, 0.5) is 13.2 Å². The van der Waals surface area contributed by atoms with E-state index < -0.39 is 21.5 Å². The van der Waals surface area contributed by atoms with E-state index in [4.69, 9.17) is 4.55 Å². The number of rotatable bonds is 1. The van der Waals surface area contributed by atoms with E-state index in [9.17, 15) is 13.2 Å². The van der Waals surface area contributed by atoms with E-state index >= 15 is 0 Å². The van der Waals surface area contributed by atoms with Crippen molar-refractivity contribution < 1.29 is 17.7 Å². The Bertz CT molecular complexity index is 373. The average Bonchev–Trinajstić information content (AvgIpc) is 2.01. The summed E-state index contributed by atoms with van der Waals surface area (Å²) < 4.78 is 45.9. The third-order valence-corrected chi connectivity index (χ3v) is 2.94. The van der Waals surface area contributed by atoms with E-state index in [2.05, 4.69) is 11.2 Å². The van der Waals surface area contributed by atoms with Gasteiger partial charge in [-0.25, -0.2) is 0 Å². The lowest BCUT2D eigenvalue weighted by Crippen LogP contribution is -2.07. The molecular formula is C8H7F3OS2. The van der Waals surface area contributed by atoms with Gasteiger partial charge in [0.05, 0.1) is 5.56 Å². The molecule has 14 heavy (non-hydrogen) atoms. The van der Waals surface area contributed by atoms with Crippen LogP contribution in [0.5, 0.6) is 0 Å². The number of hydrogen-bond acceptors (Lipinski definition) is 1. The van der Waals surface area contributed by atoms with E-state index in [0.29, 0.717) is 4.90 Å². The Morgan fingerprint density at radius 3 is 2.29 bits per heavy atom. The fourth-order valence-corrected chi connectivity index (χ4v) is 1.84. The average molecular weight is 240 g/mol. The predicted octanol–water partition coefficient (Wildman–Crippen LogP) is 2.93. The molecule has 1 rings (SSSR count). The smallest absolute Gasteiger partial charge is 0.323 e. The number of hydrogen-bond donors (Lipinski definition) is 1. The van der Waals surface area contributed by atoms with Gasteiger partial charge in [0, 0.05) is 14.6 Å². The van der Waals surface area contributed by atoms with Crippen LogP contribution in [0.15, 0.2) is 23.1 Å². The molecule has 0 heterocycles. The van der Waals surface area contributed by atoms with Gasteiger partial charge in [0.15, 0.2) is 0 Å². The van der Waals surface area contributed by atoms with Crippen molar-refractivity contribution in [2.75, 3.05) is 0 Å². The minimum atomic E-state index is -4.35. The van der Waals surface area contributed by atoms with Gasteiger partial charge in [0.1, 0.15) is 0 Å². The van der Waals surface area contributed by atoms with Crippen LogP contribution in [0.2, 0.25) is 0 Å². The molecule has 1 aromatic carbocycles. The largest absolute Gasteiger partial charge is 0.416 e. The molecule has 0 aliphatic carbocycles. The highest BCUT2D eigenvalue weighted by Crippen LogP contribution is 2.32. The van der Waals surface area contributed by atoms with Gasteiger partial charge >= 0.3 is 6.18 Å². The Balaban J connectivity index is 3.21. The lowest BCUT2D eigenvalue weighted by atomic mass is 10.1. The maximum absolute atomic E-state index is 12.3. The summed E-state index contributed by atoms with van der Waals surface area (Å²) in [6.45, 7) is 1.34. The van der Waals surface area contributed by atoms with Crippen molar-refractivity contribution in [3.8, 4) is 0 Å². The first-order chi connectivity index (χ1) is 6.32. The molecule has 1 N–H and O–H groups in total. The Hall–Kier alpha value is -0.460. The Morgan fingerprint density at radius 2 is 1.93 bits per heavy atom. The van der Waals surface area contributed by atoms with Crippen molar-refractivity contribution >= 4 is 20.9 Å². The van der Waals surface area contributed by atoms with Crippen molar-refractivity contribution in [2.24, 2.45) is 0 Å². The zero-order valence-electron chi connectivity index (χ0n) is 7.13. The molecule has 0 amide bonds. The molecule has 0 aromatic heterocycles. The first-order valence-corrected chi connectivity index (χ1v) is 5.72. The first-order valence-electron chi connectivity index (χ1n) is 3.61. The first kappa shape index (κ1) is 11.6. The molecule has 0 radical (unpaired) electrons. The molecule has 1 aromatic rings. The van der Waals surface area contributed by atoms with Gasteiger partial charge in [-0.05, 0) is 41.9 Å². The maximum atomic E-state index is 12.3. The van der Waals surface area contributed by atoms with Crippen LogP contribution in [-0.4, -0.2) is 4.55 Å². The van der Waals surface area contributed by atoms with E-state index in [1.807, 2.05) is 0 Å².